The third kappa shape index (κ3) is 4.99. The van der Waals surface area contributed by atoms with Crippen LogP contribution in [0, 0.1) is 5.92 Å². The Bertz CT molecular complexity index is 347. The number of aryl methyl sites for hydroxylation is 1. The van der Waals surface area contributed by atoms with Gasteiger partial charge in [-0.3, -0.25) is 4.79 Å². The Labute approximate surface area is 102 Å². The van der Waals surface area contributed by atoms with Crippen molar-refractivity contribution in [1.29, 1.82) is 0 Å². The van der Waals surface area contributed by atoms with Crippen LogP contribution < -0.4 is 5.32 Å². The van der Waals surface area contributed by atoms with Gasteiger partial charge in [-0.1, -0.05) is 13.8 Å². The lowest BCUT2D eigenvalue weighted by Crippen LogP contribution is -2.21. The molecule has 0 radical (unpaired) electrons. The molecule has 96 valence electrons. The second-order valence-electron chi connectivity index (χ2n) is 4.39. The van der Waals surface area contributed by atoms with Crippen molar-refractivity contribution in [3.8, 4) is 0 Å². The highest BCUT2D eigenvalue weighted by atomic mass is 16.5. The van der Waals surface area contributed by atoms with Crippen molar-refractivity contribution in [2.24, 2.45) is 5.92 Å². The Morgan fingerprint density at radius 2 is 2.35 bits per heavy atom. The van der Waals surface area contributed by atoms with Crippen LogP contribution in [0.1, 0.15) is 26.1 Å². The molecule has 0 aromatic carbocycles. The van der Waals surface area contributed by atoms with Crippen LogP contribution in [0.3, 0.4) is 0 Å². The lowest BCUT2D eigenvalue weighted by atomic mass is 10.2. The number of methoxy groups -OCH3 is 1. The third-order valence-corrected chi connectivity index (χ3v) is 2.42. The Kier molecular flexibility index (Phi) is 5.69. The van der Waals surface area contributed by atoms with Crippen LogP contribution in [0.5, 0.6) is 0 Å². The molecule has 17 heavy (non-hydrogen) atoms. The summed E-state index contributed by atoms with van der Waals surface area (Å²) in [7, 11) is 1.40. The Morgan fingerprint density at radius 1 is 1.59 bits per heavy atom. The summed E-state index contributed by atoms with van der Waals surface area (Å²) in [5.74, 6) is 1.38. The van der Waals surface area contributed by atoms with Crippen molar-refractivity contribution in [2.75, 3.05) is 13.7 Å². The number of carbonyl (C=O) groups is 1. The van der Waals surface area contributed by atoms with Crippen LogP contribution >= 0.6 is 0 Å². The van der Waals surface area contributed by atoms with Crippen LogP contribution in [0.2, 0.25) is 0 Å². The highest BCUT2D eigenvalue weighted by Gasteiger charge is 2.05. The molecule has 1 heterocycles. The standard InChI is InChI=1S/C12H21N3O2/c1-10(2)8-13-9-11-14-5-7-15(11)6-4-12(16)17-3/h5,7,10,13H,4,6,8-9H2,1-3H3. The number of aromatic nitrogens is 2. The fourth-order valence-corrected chi connectivity index (χ4v) is 1.50. The number of nitrogens with zero attached hydrogens (tertiary/aromatic N) is 2. The van der Waals surface area contributed by atoms with E-state index in [2.05, 4.69) is 28.9 Å². The summed E-state index contributed by atoms with van der Waals surface area (Å²) in [6.07, 6.45) is 4.02. The molecule has 1 rings (SSSR count). The van der Waals surface area contributed by atoms with Crippen molar-refractivity contribution in [2.45, 2.75) is 33.4 Å². The molecule has 0 aliphatic heterocycles. The van der Waals surface area contributed by atoms with E-state index < -0.39 is 0 Å². The highest BCUT2D eigenvalue weighted by Crippen LogP contribution is 2.00. The molecule has 0 amide bonds. The van der Waals surface area contributed by atoms with Gasteiger partial charge in [0.15, 0.2) is 0 Å². The van der Waals surface area contributed by atoms with Gasteiger partial charge in [0.2, 0.25) is 0 Å². The summed E-state index contributed by atoms with van der Waals surface area (Å²) in [4.78, 5) is 15.3. The minimum atomic E-state index is -0.195. The van der Waals surface area contributed by atoms with E-state index in [0.29, 0.717) is 18.9 Å². The fraction of sp³-hybridized carbons (Fsp3) is 0.667. The lowest BCUT2D eigenvalue weighted by molar-refractivity contribution is -0.140. The van der Waals surface area contributed by atoms with Crippen molar-refractivity contribution in [3.05, 3.63) is 18.2 Å². The van der Waals surface area contributed by atoms with Crippen LogP contribution in [-0.4, -0.2) is 29.2 Å². The molecule has 0 saturated carbocycles. The van der Waals surface area contributed by atoms with Gasteiger partial charge in [0, 0.05) is 18.9 Å². The summed E-state index contributed by atoms with van der Waals surface area (Å²) in [5.41, 5.74) is 0. The quantitative estimate of drug-likeness (QED) is 0.726. The number of esters is 1. The van der Waals surface area contributed by atoms with Gasteiger partial charge in [0.25, 0.3) is 0 Å². The van der Waals surface area contributed by atoms with E-state index in [9.17, 15) is 4.79 Å². The van der Waals surface area contributed by atoms with E-state index >= 15 is 0 Å². The molecule has 1 aromatic rings. The van der Waals surface area contributed by atoms with Crippen LogP contribution in [0.25, 0.3) is 0 Å². The zero-order valence-electron chi connectivity index (χ0n) is 10.8. The number of nitrogens with one attached hydrogen (secondary N) is 1. The second kappa shape index (κ2) is 7.06. The van der Waals surface area contributed by atoms with Crippen LogP contribution in [0.4, 0.5) is 0 Å². The molecule has 0 fully saturated rings. The third-order valence-electron chi connectivity index (χ3n) is 2.42. The smallest absolute Gasteiger partial charge is 0.307 e. The number of imidazole rings is 1. The molecule has 0 unspecified atom stereocenters. The van der Waals surface area contributed by atoms with Crippen LogP contribution in [0.15, 0.2) is 12.4 Å². The van der Waals surface area contributed by atoms with Gasteiger partial charge in [0.1, 0.15) is 5.82 Å². The lowest BCUT2D eigenvalue weighted by Gasteiger charge is -2.09. The van der Waals surface area contributed by atoms with E-state index in [1.165, 1.54) is 7.11 Å². The SMILES string of the molecule is COC(=O)CCn1ccnc1CNCC(C)C. The molecule has 0 saturated heterocycles. The molecule has 0 aliphatic carbocycles. The maximum Gasteiger partial charge on any atom is 0.307 e. The predicted octanol–water partition coefficient (Wildman–Crippen LogP) is 1.19. The maximum atomic E-state index is 11.1. The van der Waals surface area contributed by atoms with E-state index in [0.717, 1.165) is 18.9 Å². The van der Waals surface area contributed by atoms with Crippen molar-refractivity contribution < 1.29 is 9.53 Å². The van der Waals surface area contributed by atoms with E-state index in [-0.39, 0.29) is 5.97 Å². The van der Waals surface area contributed by atoms with Gasteiger partial charge in [-0.05, 0) is 12.5 Å². The van der Waals surface area contributed by atoms with E-state index in [1.807, 2.05) is 10.8 Å². The molecule has 0 atom stereocenters. The summed E-state index contributed by atoms with van der Waals surface area (Å²) >= 11 is 0. The van der Waals surface area contributed by atoms with Gasteiger partial charge >= 0.3 is 5.97 Å². The molecule has 0 bridgehead atoms. The zero-order chi connectivity index (χ0) is 12.7. The highest BCUT2D eigenvalue weighted by molar-refractivity contribution is 5.68. The summed E-state index contributed by atoms with van der Waals surface area (Å²) in [6.45, 7) is 6.63. The molecule has 0 spiro atoms. The van der Waals surface area contributed by atoms with Gasteiger partial charge < -0.3 is 14.6 Å². The average molecular weight is 239 g/mol. The van der Waals surface area contributed by atoms with Gasteiger partial charge in [0.05, 0.1) is 20.1 Å². The summed E-state index contributed by atoms with van der Waals surface area (Å²) in [5, 5.41) is 3.33. The first-order chi connectivity index (χ1) is 8.13. The largest absolute Gasteiger partial charge is 0.469 e. The predicted molar refractivity (Wildman–Crippen MR) is 65.4 cm³/mol. The molecule has 0 aliphatic rings. The van der Waals surface area contributed by atoms with E-state index in [1.54, 1.807) is 6.20 Å². The van der Waals surface area contributed by atoms with Crippen molar-refractivity contribution >= 4 is 5.97 Å². The Hall–Kier alpha value is -1.36. The van der Waals surface area contributed by atoms with Crippen molar-refractivity contribution in [1.82, 2.24) is 14.9 Å². The Morgan fingerprint density at radius 3 is 3.00 bits per heavy atom. The average Bonchev–Trinajstić information content (AvgIpc) is 2.73. The van der Waals surface area contributed by atoms with Gasteiger partial charge in [-0.2, -0.15) is 0 Å². The topological polar surface area (TPSA) is 56.2 Å². The maximum absolute atomic E-state index is 11.1. The second-order valence-corrected chi connectivity index (χ2v) is 4.39. The van der Waals surface area contributed by atoms with Gasteiger partial charge in [-0.15, -0.1) is 0 Å². The molecule has 5 nitrogen and oxygen atoms in total. The number of rotatable bonds is 7. The van der Waals surface area contributed by atoms with Gasteiger partial charge in [-0.25, -0.2) is 4.98 Å². The van der Waals surface area contributed by atoms with Crippen molar-refractivity contribution in [3.63, 3.8) is 0 Å². The molecule has 1 aromatic heterocycles. The monoisotopic (exact) mass is 239 g/mol. The Balaban J connectivity index is 2.40. The minimum absolute atomic E-state index is 0.195. The fourth-order valence-electron chi connectivity index (χ4n) is 1.50. The van der Waals surface area contributed by atoms with Crippen LogP contribution in [-0.2, 0) is 22.6 Å². The summed E-state index contributed by atoms with van der Waals surface area (Å²) in [6, 6.07) is 0. The number of carbonyl (C=O) groups excluding carboxylic acids is 1. The number of hydrogen-bond acceptors (Lipinski definition) is 4. The van der Waals surface area contributed by atoms with E-state index in [4.69, 9.17) is 0 Å². The number of ether oxygens (including phenoxy) is 1. The molecule has 5 heteroatoms. The first-order valence-corrected chi connectivity index (χ1v) is 5.91. The molecule has 1 N–H and O–H groups in total. The number of hydrogen-bond donors (Lipinski definition) is 1. The molecular formula is C12H21N3O2. The first kappa shape index (κ1) is 13.7. The first-order valence-electron chi connectivity index (χ1n) is 5.91. The minimum Gasteiger partial charge on any atom is -0.469 e. The molecular weight excluding hydrogens is 218 g/mol. The summed E-state index contributed by atoms with van der Waals surface area (Å²) < 4.78 is 6.59. The zero-order valence-corrected chi connectivity index (χ0v) is 10.8. The normalized spacial score (nSPS) is 10.8.